The lowest BCUT2D eigenvalue weighted by Gasteiger charge is -2.26. The zero-order valence-corrected chi connectivity index (χ0v) is 22.0. The predicted octanol–water partition coefficient (Wildman–Crippen LogP) is 2.44. The van der Waals surface area contributed by atoms with E-state index in [2.05, 4.69) is 34.5 Å². The van der Waals surface area contributed by atoms with Gasteiger partial charge in [0.1, 0.15) is 16.8 Å². The smallest absolute Gasteiger partial charge is 0.267 e. The molecule has 0 aliphatic carbocycles. The summed E-state index contributed by atoms with van der Waals surface area (Å²) in [6.07, 6.45) is 3.13. The van der Waals surface area contributed by atoms with Crippen LogP contribution in [-0.2, 0) is 17.7 Å². The summed E-state index contributed by atoms with van der Waals surface area (Å²) in [6, 6.07) is 13.5. The predicted molar refractivity (Wildman–Crippen MR) is 147 cm³/mol. The van der Waals surface area contributed by atoms with E-state index in [-0.39, 0.29) is 22.5 Å². The fraction of sp³-hybridized carbons (Fsp3) is 0.379. The first-order valence-corrected chi connectivity index (χ1v) is 13.2. The molecule has 4 heterocycles. The van der Waals surface area contributed by atoms with Crippen LogP contribution in [0.25, 0.3) is 16.7 Å². The summed E-state index contributed by atoms with van der Waals surface area (Å²) in [4.78, 5) is 33.9. The van der Waals surface area contributed by atoms with Gasteiger partial charge in [0.15, 0.2) is 0 Å². The van der Waals surface area contributed by atoms with Crippen LogP contribution >= 0.6 is 0 Å². The number of carbonyl (C=O) groups excluding carboxylic acids is 1. The van der Waals surface area contributed by atoms with E-state index >= 15 is 0 Å². The number of ether oxygens (including phenoxy) is 1. The summed E-state index contributed by atoms with van der Waals surface area (Å²) in [5, 5.41) is 12.2. The fourth-order valence-corrected chi connectivity index (χ4v) is 4.91. The van der Waals surface area contributed by atoms with E-state index in [1.165, 1.54) is 16.0 Å². The molecule has 38 heavy (non-hydrogen) atoms. The Morgan fingerprint density at radius 2 is 1.84 bits per heavy atom. The SMILES string of the molecule is Cc1ccc(CCn2c(=N)c(C(=O)NCCCN3CCOCC3)cc3c(=O)n4cccc(C)c4nc32)cc1. The molecule has 9 nitrogen and oxygen atoms in total. The first kappa shape index (κ1) is 25.8. The van der Waals surface area contributed by atoms with Crippen molar-refractivity contribution in [3.63, 3.8) is 0 Å². The molecular formula is C29H34N6O3. The molecular weight excluding hydrogens is 480 g/mol. The van der Waals surface area contributed by atoms with Crippen molar-refractivity contribution < 1.29 is 9.53 Å². The highest BCUT2D eigenvalue weighted by Crippen LogP contribution is 2.14. The zero-order valence-electron chi connectivity index (χ0n) is 22.0. The second-order valence-electron chi connectivity index (χ2n) is 9.90. The second kappa shape index (κ2) is 11.3. The van der Waals surface area contributed by atoms with Crippen LogP contribution in [-0.4, -0.2) is 64.2 Å². The van der Waals surface area contributed by atoms with Crippen molar-refractivity contribution in [1.29, 1.82) is 5.41 Å². The Kier molecular flexibility index (Phi) is 7.67. The third-order valence-electron chi connectivity index (χ3n) is 7.16. The number of nitrogens with one attached hydrogen (secondary N) is 2. The van der Waals surface area contributed by atoms with Gasteiger partial charge in [0.25, 0.3) is 11.5 Å². The van der Waals surface area contributed by atoms with Crippen LogP contribution in [0, 0.1) is 19.3 Å². The van der Waals surface area contributed by atoms with Crippen LogP contribution in [0.3, 0.4) is 0 Å². The molecule has 3 aromatic heterocycles. The van der Waals surface area contributed by atoms with Crippen molar-refractivity contribution in [1.82, 2.24) is 24.2 Å². The number of aryl methyl sites for hydroxylation is 4. The quantitative estimate of drug-likeness (QED) is 0.278. The summed E-state index contributed by atoms with van der Waals surface area (Å²) in [5.74, 6) is -0.350. The minimum Gasteiger partial charge on any atom is -0.379 e. The van der Waals surface area contributed by atoms with E-state index in [1.54, 1.807) is 10.8 Å². The number of hydrogen-bond acceptors (Lipinski definition) is 6. The summed E-state index contributed by atoms with van der Waals surface area (Å²) in [6.45, 7) is 9.03. The standard InChI is InChI=1S/C29H34N6O3/c1-20-6-8-22(9-7-20)10-14-34-25(30)23(28(36)31-11-4-12-33-15-17-38-18-16-33)19-24-27(34)32-26-21(2)5-3-13-35(26)29(24)37/h3,5-9,13,19,30H,4,10-12,14-18H2,1-2H3,(H,31,36). The number of carbonyl (C=O) groups is 1. The molecule has 1 aromatic carbocycles. The van der Waals surface area contributed by atoms with Gasteiger partial charge in [0, 0.05) is 32.4 Å². The molecule has 0 saturated carbocycles. The second-order valence-corrected chi connectivity index (χ2v) is 9.90. The minimum atomic E-state index is -0.350. The Labute approximate surface area is 221 Å². The fourth-order valence-electron chi connectivity index (χ4n) is 4.91. The summed E-state index contributed by atoms with van der Waals surface area (Å²) in [7, 11) is 0. The normalized spacial score (nSPS) is 14.3. The van der Waals surface area contributed by atoms with Gasteiger partial charge in [0.2, 0.25) is 0 Å². The third-order valence-corrected chi connectivity index (χ3v) is 7.16. The molecule has 1 amide bonds. The molecule has 5 rings (SSSR count). The molecule has 9 heteroatoms. The highest BCUT2D eigenvalue weighted by atomic mass is 16.5. The highest BCUT2D eigenvalue weighted by Gasteiger charge is 2.18. The first-order chi connectivity index (χ1) is 18.4. The van der Waals surface area contributed by atoms with Crippen molar-refractivity contribution in [2.45, 2.75) is 33.2 Å². The number of amides is 1. The number of hydrogen-bond donors (Lipinski definition) is 2. The van der Waals surface area contributed by atoms with Gasteiger partial charge in [-0.1, -0.05) is 35.9 Å². The number of nitrogens with zero attached hydrogens (tertiary/aromatic N) is 4. The molecule has 1 fully saturated rings. The molecule has 0 spiro atoms. The maximum Gasteiger partial charge on any atom is 0.267 e. The summed E-state index contributed by atoms with van der Waals surface area (Å²) < 4.78 is 8.60. The van der Waals surface area contributed by atoms with Gasteiger partial charge in [-0.25, -0.2) is 4.98 Å². The van der Waals surface area contributed by atoms with E-state index in [0.29, 0.717) is 36.2 Å². The Hall–Kier alpha value is -3.82. The number of morpholine rings is 1. The molecule has 1 aliphatic rings. The van der Waals surface area contributed by atoms with Gasteiger partial charge in [-0.3, -0.25) is 24.3 Å². The minimum absolute atomic E-state index is 0.0557. The largest absolute Gasteiger partial charge is 0.379 e. The number of aromatic nitrogens is 3. The Balaban J connectivity index is 1.48. The lowest BCUT2D eigenvalue weighted by molar-refractivity contribution is 0.0374. The number of pyridine rings is 2. The number of fused-ring (bicyclic) bond motifs is 2. The molecule has 1 saturated heterocycles. The average molecular weight is 515 g/mol. The molecule has 198 valence electrons. The van der Waals surface area contributed by atoms with Crippen LogP contribution in [0.5, 0.6) is 0 Å². The van der Waals surface area contributed by atoms with Gasteiger partial charge < -0.3 is 14.6 Å². The maximum atomic E-state index is 13.5. The molecule has 0 bridgehead atoms. The van der Waals surface area contributed by atoms with Crippen molar-refractivity contribution >= 4 is 22.6 Å². The van der Waals surface area contributed by atoms with Crippen molar-refractivity contribution in [3.8, 4) is 0 Å². The Morgan fingerprint density at radius 1 is 1.08 bits per heavy atom. The number of rotatable bonds is 8. The van der Waals surface area contributed by atoms with E-state index in [4.69, 9.17) is 15.1 Å². The third kappa shape index (κ3) is 5.39. The van der Waals surface area contributed by atoms with Gasteiger partial charge in [-0.05, 0) is 56.5 Å². The lowest BCUT2D eigenvalue weighted by atomic mass is 10.1. The monoisotopic (exact) mass is 514 g/mol. The zero-order chi connectivity index (χ0) is 26.6. The summed E-state index contributed by atoms with van der Waals surface area (Å²) >= 11 is 0. The van der Waals surface area contributed by atoms with Crippen LogP contribution < -0.4 is 16.4 Å². The van der Waals surface area contributed by atoms with Crippen LogP contribution in [0.1, 0.15) is 33.5 Å². The maximum absolute atomic E-state index is 13.5. The van der Waals surface area contributed by atoms with Crippen molar-refractivity contribution in [2.24, 2.45) is 0 Å². The topological polar surface area (TPSA) is 105 Å². The van der Waals surface area contributed by atoms with E-state index in [1.807, 2.05) is 26.0 Å². The van der Waals surface area contributed by atoms with Crippen LogP contribution in [0.2, 0.25) is 0 Å². The molecule has 0 radical (unpaired) electrons. The Morgan fingerprint density at radius 3 is 2.61 bits per heavy atom. The highest BCUT2D eigenvalue weighted by molar-refractivity contribution is 5.96. The van der Waals surface area contributed by atoms with E-state index in [0.717, 1.165) is 50.4 Å². The van der Waals surface area contributed by atoms with Gasteiger partial charge in [0.05, 0.1) is 24.2 Å². The molecule has 4 aromatic rings. The van der Waals surface area contributed by atoms with E-state index in [9.17, 15) is 9.59 Å². The molecule has 2 N–H and O–H groups in total. The van der Waals surface area contributed by atoms with Crippen LogP contribution in [0.15, 0.2) is 53.5 Å². The van der Waals surface area contributed by atoms with Crippen LogP contribution in [0.4, 0.5) is 0 Å². The first-order valence-electron chi connectivity index (χ1n) is 13.2. The van der Waals surface area contributed by atoms with Gasteiger partial charge in [-0.2, -0.15) is 0 Å². The van der Waals surface area contributed by atoms with Crippen molar-refractivity contribution in [3.05, 3.63) is 86.8 Å². The summed E-state index contributed by atoms with van der Waals surface area (Å²) in [5.41, 5.74) is 4.11. The lowest BCUT2D eigenvalue weighted by Crippen LogP contribution is -2.39. The number of benzene rings is 1. The van der Waals surface area contributed by atoms with Gasteiger partial charge in [-0.15, -0.1) is 0 Å². The average Bonchev–Trinajstić information content (AvgIpc) is 2.92. The molecule has 1 aliphatic heterocycles. The molecule has 0 unspecified atom stereocenters. The van der Waals surface area contributed by atoms with Crippen molar-refractivity contribution in [2.75, 3.05) is 39.4 Å². The van der Waals surface area contributed by atoms with Gasteiger partial charge >= 0.3 is 0 Å². The Bertz CT molecular complexity index is 1580. The molecule has 0 atom stereocenters. The van der Waals surface area contributed by atoms with E-state index < -0.39 is 0 Å².